The lowest BCUT2D eigenvalue weighted by molar-refractivity contribution is -0.115. The van der Waals surface area contributed by atoms with Gasteiger partial charge in [0.25, 0.3) is 0 Å². The van der Waals surface area contributed by atoms with Gasteiger partial charge in [-0.15, -0.1) is 22.7 Å². The molecule has 30 heavy (non-hydrogen) atoms. The summed E-state index contributed by atoms with van der Waals surface area (Å²) in [6, 6.07) is 17.9. The van der Waals surface area contributed by atoms with Gasteiger partial charge in [0.05, 0.1) is 22.6 Å². The Labute approximate surface area is 185 Å². The average molecular weight is 455 g/mol. The number of carboxylic acid groups (broad SMARTS) is 1. The van der Waals surface area contributed by atoms with Crippen molar-refractivity contribution in [2.24, 2.45) is 0 Å². The van der Waals surface area contributed by atoms with Gasteiger partial charge in [-0.3, -0.25) is 4.79 Å². The normalized spacial score (nSPS) is 10.7. The van der Waals surface area contributed by atoms with Crippen LogP contribution >= 0.6 is 34.3 Å². The summed E-state index contributed by atoms with van der Waals surface area (Å²) >= 11 is 8.80. The molecule has 0 unspecified atom stereocenters. The number of nitrogens with one attached hydrogen (secondary N) is 1. The molecule has 0 saturated carbocycles. The van der Waals surface area contributed by atoms with E-state index in [1.807, 2.05) is 29.6 Å². The average Bonchev–Trinajstić information content (AvgIpc) is 3.39. The molecule has 0 aliphatic rings. The fraction of sp³-hybridized carbons (Fsp3) is 0.0455. The van der Waals surface area contributed by atoms with E-state index < -0.39 is 5.97 Å². The molecule has 4 rings (SSSR count). The first-order valence-corrected chi connectivity index (χ1v) is 11.0. The number of halogens is 1. The van der Waals surface area contributed by atoms with E-state index in [9.17, 15) is 9.59 Å². The molecule has 8 heteroatoms. The number of carboxylic acids is 1. The first-order chi connectivity index (χ1) is 14.5. The van der Waals surface area contributed by atoms with Crippen molar-refractivity contribution in [1.29, 1.82) is 0 Å². The number of benzene rings is 2. The smallest absolute Gasteiger partial charge is 0.335 e. The maximum absolute atomic E-state index is 12.3. The van der Waals surface area contributed by atoms with Crippen molar-refractivity contribution in [2.45, 2.75) is 6.42 Å². The van der Waals surface area contributed by atoms with E-state index in [1.54, 1.807) is 47.7 Å². The molecule has 2 heterocycles. The lowest BCUT2D eigenvalue weighted by atomic mass is 10.1. The molecular formula is C22H15ClN2O3S2. The van der Waals surface area contributed by atoms with E-state index in [0.29, 0.717) is 10.2 Å². The molecule has 0 fully saturated rings. The van der Waals surface area contributed by atoms with Crippen molar-refractivity contribution in [2.75, 3.05) is 5.32 Å². The van der Waals surface area contributed by atoms with Gasteiger partial charge in [-0.1, -0.05) is 35.9 Å². The van der Waals surface area contributed by atoms with Crippen LogP contribution in [0.15, 0.2) is 66.0 Å². The fourth-order valence-corrected chi connectivity index (χ4v) is 4.70. The predicted octanol–water partition coefficient (Wildman–Crippen LogP) is 6.07. The van der Waals surface area contributed by atoms with Gasteiger partial charge >= 0.3 is 5.97 Å². The summed E-state index contributed by atoms with van der Waals surface area (Å²) in [6.07, 6.45) is 0.252. The van der Waals surface area contributed by atoms with Crippen molar-refractivity contribution in [3.63, 3.8) is 0 Å². The number of aromatic carboxylic acids is 1. The molecule has 2 aromatic heterocycles. The summed E-state index contributed by atoms with van der Waals surface area (Å²) in [5.41, 5.74) is 2.88. The molecule has 0 bridgehead atoms. The number of amides is 1. The topological polar surface area (TPSA) is 79.3 Å². The quantitative estimate of drug-likeness (QED) is 0.370. The Morgan fingerprint density at radius 2 is 1.67 bits per heavy atom. The zero-order valence-electron chi connectivity index (χ0n) is 15.5. The highest BCUT2D eigenvalue weighted by Gasteiger charge is 2.12. The highest BCUT2D eigenvalue weighted by molar-refractivity contribution is 7.19. The number of nitrogens with zero attached hydrogens (tertiary/aromatic N) is 1. The van der Waals surface area contributed by atoms with E-state index in [0.717, 1.165) is 26.6 Å². The van der Waals surface area contributed by atoms with Crippen LogP contribution in [-0.4, -0.2) is 22.0 Å². The first-order valence-electron chi connectivity index (χ1n) is 8.92. The van der Waals surface area contributed by atoms with Crippen LogP contribution in [0.4, 0.5) is 5.13 Å². The van der Waals surface area contributed by atoms with Crippen LogP contribution in [0.25, 0.3) is 21.0 Å². The number of hydrogen-bond donors (Lipinski definition) is 2. The Kier molecular flexibility index (Phi) is 5.94. The van der Waals surface area contributed by atoms with Crippen molar-refractivity contribution in [3.05, 3.63) is 82.2 Å². The molecule has 0 atom stereocenters. The van der Waals surface area contributed by atoms with Crippen LogP contribution in [0, 0.1) is 0 Å². The van der Waals surface area contributed by atoms with Gasteiger partial charge in [0.2, 0.25) is 5.91 Å². The number of anilines is 1. The summed E-state index contributed by atoms with van der Waals surface area (Å²) in [5, 5.41) is 14.9. The van der Waals surface area contributed by atoms with Gasteiger partial charge in [0, 0.05) is 15.3 Å². The van der Waals surface area contributed by atoms with Crippen LogP contribution in [0.5, 0.6) is 0 Å². The second-order valence-electron chi connectivity index (χ2n) is 6.44. The van der Waals surface area contributed by atoms with Gasteiger partial charge in [0.1, 0.15) is 0 Å². The number of rotatable bonds is 6. The van der Waals surface area contributed by atoms with Crippen LogP contribution < -0.4 is 5.32 Å². The van der Waals surface area contributed by atoms with Crippen LogP contribution in [-0.2, 0) is 11.2 Å². The Morgan fingerprint density at radius 3 is 2.37 bits per heavy atom. The Morgan fingerprint density at radius 1 is 0.967 bits per heavy atom. The summed E-state index contributed by atoms with van der Waals surface area (Å²) in [6.45, 7) is 0. The monoisotopic (exact) mass is 454 g/mol. The number of aromatic nitrogens is 1. The maximum Gasteiger partial charge on any atom is 0.335 e. The minimum absolute atomic E-state index is 0.136. The summed E-state index contributed by atoms with van der Waals surface area (Å²) < 4.78 is 0. The predicted molar refractivity (Wildman–Crippen MR) is 122 cm³/mol. The summed E-state index contributed by atoms with van der Waals surface area (Å²) in [7, 11) is 0. The van der Waals surface area contributed by atoms with Gasteiger partial charge in [-0.2, -0.15) is 0 Å². The van der Waals surface area contributed by atoms with E-state index >= 15 is 0 Å². The molecule has 5 nitrogen and oxygen atoms in total. The zero-order chi connectivity index (χ0) is 21.1. The molecule has 1 amide bonds. The van der Waals surface area contributed by atoms with Gasteiger partial charge in [-0.05, 0) is 47.5 Å². The summed E-state index contributed by atoms with van der Waals surface area (Å²) in [4.78, 5) is 29.8. The lowest BCUT2D eigenvalue weighted by Crippen LogP contribution is -2.14. The molecule has 2 N–H and O–H groups in total. The molecule has 0 aliphatic heterocycles. The molecule has 2 aromatic carbocycles. The molecular weight excluding hydrogens is 440 g/mol. The first kappa shape index (κ1) is 20.3. The maximum atomic E-state index is 12.3. The molecule has 0 spiro atoms. The highest BCUT2D eigenvalue weighted by atomic mass is 35.5. The second kappa shape index (κ2) is 8.79. The van der Waals surface area contributed by atoms with Crippen molar-refractivity contribution >= 4 is 51.3 Å². The van der Waals surface area contributed by atoms with Gasteiger partial charge < -0.3 is 10.4 Å². The molecule has 150 valence electrons. The SMILES string of the molecule is O=C(Cc1ccc(Cl)cc1)Nc1nc(-c2ccc(-c3ccc(C(=O)O)cc3)s2)cs1. The van der Waals surface area contributed by atoms with Crippen molar-refractivity contribution in [3.8, 4) is 21.0 Å². The Bertz CT molecular complexity index is 1200. The number of thiophene rings is 1. The third kappa shape index (κ3) is 4.76. The number of thiazole rings is 1. The Hall–Kier alpha value is -3.00. The van der Waals surface area contributed by atoms with E-state index in [-0.39, 0.29) is 17.9 Å². The number of hydrogen-bond acceptors (Lipinski definition) is 5. The van der Waals surface area contributed by atoms with Crippen LogP contribution in [0.1, 0.15) is 15.9 Å². The van der Waals surface area contributed by atoms with E-state index in [4.69, 9.17) is 16.7 Å². The third-order valence-electron chi connectivity index (χ3n) is 4.30. The standard InChI is InChI=1S/C22H15ClN2O3S2/c23-16-7-1-13(2-8-16)11-20(26)25-22-24-17(12-29-22)19-10-9-18(30-19)14-3-5-15(6-4-14)21(27)28/h1-10,12H,11H2,(H,27,28)(H,24,25,26). The number of carbonyl (C=O) groups is 2. The zero-order valence-corrected chi connectivity index (χ0v) is 17.9. The van der Waals surface area contributed by atoms with Crippen LogP contribution in [0.2, 0.25) is 5.02 Å². The lowest BCUT2D eigenvalue weighted by Gasteiger charge is -2.02. The summed E-state index contributed by atoms with van der Waals surface area (Å²) in [5.74, 6) is -1.08. The Balaban J connectivity index is 1.43. The molecule has 0 aliphatic carbocycles. The van der Waals surface area contributed by atoms with E-state index in [2.05, 4.69) is 10.3 Å². The van der Waals surface area contributed by atoms with E-state index in [1.165, 1.54) is 11.3 Å². The third-order valence-corrected chi connectivity index (χ3v) is 6.47. The molecule has 0 radical (unpaired) electrons. The fourth-order valence-electron chi connectivity index (χ4n) is 2.80. The molecule has 4 aromatic rings. The molecule has 0 saturated heterocycles. The number of carbonyl (C=O) groups excluding carboxylic acids is 1. The van der Waals surface area contributed by atoms with Gasteiger partial charge in [0.15, 0.2) is 5.13 Å². The van der Waals surface area contributed by atoms with Crippen molar-refractivity contribution in [1.82, 2.24) is 4.98 Å². The van der Waals surface area contributed by atoms with Crippen molar-refractivity contribution < 1.29 is 14.7 Å². The highest BCUT2D eigenvalue weighted by Crippen LogP contribution is 2.35. The second-order valence-corrected chi connectivity index (χ2v) is 8.81. The van der Waals surface area contributed by atoms with Gasteiger partial charge in [-0.25, -0.2) is 9.78 Å². The minimum Gasteiger partial charge on any atom is -0.478 e. The van der Waals surface area contributed by atoms with Crippen LogP contribution in [0.3, 0.4) is 0 Å². The largest absolute Gasteiger partial charge is 0.478 e. The minimum atomic E-state index is -0.943.